The van der Waals surface area contributed by atoms with E-state index in [1.807, 2.05) is 6.92 Å². The van der Waals surface area contributed by atoms with Gasteiger partial charge in [-0.1, -0.05) is 24.3 Å². The smallest absolute Gasteiger partial charge is 0.338 e. The second kappa shape index (κ2) is 9.06. The minimum absolute atomic E-state index is 0.162. The minimum Gasteiger partial charge on any atom is -0.493 e. The lowest BCUT2D eigenvalue weighted by Crippen LogP contribution is -2.09. The highest BCUT2D eigenvalue weighted by Gasteiger charge is 2.18. The van der Waals surface area contributed by atoms with Crippen molar-refractivity contribution in [2.45, 2.75) is 23.6 Å². The molecule has 0 radical (unpaired) electrons. The van der Waals surface area contributed by atoms with Gasteiger partial charge in [0.15, 0.2) is 11.5 Å². The van der Waals surface area contributed by atoms with Crippen LogP contribution in [-0.2, 0) is 14.6 Å². The van der Waals surface area contributed by atoms with Gasteiger partial charge in [-0.2, -0.15) is 0 Å². The van der Waals surface area contributed by atoms with E-state index in [4.69, 9.17) is 14.2 Å². The van der Waals surface area contributed by atoms with Crippen molar-refractivity contribution >= 4 is 15.8 Å². The molecule has 0 bridgehead atoms. The molecule has 0 aliphatic rings. The summed E-state index contributed by atoms with van der Waals surface area (Å²) in [4.78, 5) is 12.2. The molecule has 3 aromatic rings. The third-order valence-corrected chi connectivity index (χ3v) is 6.17. The summed E-state index contributed by atoms with van der Waals surface area (Å²) in [6, 6.07) is 17.5. The number of methoxy groups -OCH3 is 1. The number of carbonyl (C=O) groups is 1. The number of hydrogen-bond donors (Lipinski definition) is 0. The van der Waals surface area contributed by atoms with Crippen molar-refractivity contribution in [2.75, 3.05) is 7.11 Å². The lowest BCUT2D eigenvalue weighted by atomic mass is 10.2. The molecular weight excluding hydrogens is 416 g/mol. The molecule has 0 heterocycles. The summed E-state index contributed by atoms with van der Waals surface area (Å²) in [6.45, 7) is 6.99. The fourth-order valence-corrected chi connectivity index (χ4v) is 3.92. The average Bonchev–Trinajstić information content (AvgIpc) is 2.74. The van der Waals surface area contributed by atoms with Crippen LogP contribution in [0, 0.1) is 6.92 Å². The van der Waals surface area contributed by atoms with E-state index in [1.54, 1.807) is 55.5 Å². The summed E-state index contributed by atoms with van der Waals surface area (Å²) < 4.78 is 41.8. The van der Waals surface area contributed by atoms with Crippen molar-refractivity contribution < 1.29 is 27.4 Å². The fraction of sp³-hybridized carbons (Fsp3) is 0.125. The number of hydrogen-bond acceptors (Lipinski definition) is 6. The molecule has 0 fully saturated rings. The first-order valence-electron chi connectivity index (χ1n) is 9.36. The summed E-state index contributed by atoms with van der Waals surface area (Å²) in [7, 11) is -2.16. The maximum atomic E-state index is 12.8. The predicted octanol–water partition coefficient (Wildman–Crippen LogP) is 5.11. The van der Waals surface area contributed by atoms with E-state index in [0.717, 1.165) is 5.56 Å². The molecule has 7 heteroatoms. The Balaban J connectivity index is 1.82. The molecule has 3 rings (SSSR count). The van der Waals surface area contributed by atoms with Crippen molar-refractivity contribution in [3.63, 3.8) is 0 Å². The molecule has 160 valence electrons. The molecule has 0 unspecified atom stereocenters. The molecule has 3 aromatic carbocycles. The highest BCUT2D eigenvalue weighted by molar-refractivity contribution is 7.91. The molecule has 6 nitrogen and oxygen atoms in total. The quantitative estimate of drug-likeness (QED) is 0.290. The van der Waals surface area contributed by atoms with Gasteiger partial charge in [0.1, 0.15) is 11.5 Å². The van der Waals surface area contributed by atoms with Gasteiger partial charge in [-0.25, -0.2) is 13.2 Å². The Morgan fingerprint density at radius 2 is 1.39 bits per heavy atom. The standard InChI is InChI=1S/C24H22O6S/c1-16(2)24(25)30-23-15-19(9-14-22(23)28-4)29-18-7-12-21(13-8-18)31(26,27)20-10-5-17(3)6-11-20/h5-15H,1H2,2-4H3. The minimum atomic E-state index is -3.62. The maximum Gasteiger partial charge on any atom is 0.338 e. The van der Waals surface area contributed by atoms with Gasteiger partial charge < -0.3 is 14.2 Å². The third-order valence-electron chi connectivity index (χ3n) is 4.39. The largest absolute Gasteiger partial charge is 0.493 e. The van der Waals surface area contributed by atoms with E-state index in [2.05, 4.69) is 6.58 Å². The summed E-state index contributed by atoms with van der Waals surface area (Å²) in [6.07, 6.45) is 0. The Kier molecular flexibility index (Phi) is 6.46. The summed E-state index contributed by atoms with van der Waals surface area (Å²) >= 11 is 0. The number of aryl methyl sites for hydroxylation is 1. The van der Waals surface area contributed by atoms with E-state index < -0.39 is 15.8 Å². The molecule has 0 aromatic heterocycles. The highest BCUT2D eigenvalue weighted by atomic mass is 32.2. The first-order chi connectivity index (χ1) is 14.7. The highest BCUT2D eigenvalue weighted by Crippen LogP contribution is 2.34. The van der Waals surface area contributed by atoms with Gasteiger partial charge in [0.25, 0.3) is 0 Å². The van der Waals surface area contributed by atoms with Crippen molar-refractivity contribution in [3.8, 4) is 23.0 Å². The third kappa shape index (κ3) is 5.13. The number of ether oxygens (including phenoxy) is 3. The molecule has 0 saturated heterocycles. The van der Waals surface area contributed by atoms with Crippen LogP contribution < -0.4 is 14.2 Å². The van der Waals surface area contributed by atoms with Gasteiger partial charge in [0.2, 0.25) is 9.84 Å². The zero-order valence-corrected chi connectivity index (χ0v) is 18.2. The van der Waals surface area contributed by atoms with Crippen molar-refractivity contribution in [2.24, 2.45) is 0 Å². The Morgan fingerprint density at radius 1 is 0.839 bits per heavy atom. The second-order valence-corrected chi connectivity index (χ2v) is 8.82. The zero-order valence-electron chi connectivity index (χ0n) is 17.4. The molecule has 0 amide bonds. The van der Waals surface area contributed by atoms with Crippen LogP contribution in [0.3, 0.4) is 0 Å². The molecule has 0 atom stereocenters. The van der Waals surface area contributed by atoms with E-state index >= 15 is 0 Å². The van der Waals surface area contributed by atoms with Crippen LogP contribution in [0.5, 0.6) is 23.0 Å². The van der Waals surface area contributed by atoms with Crippen molar-refractivity contribution in [1.82, 2.24) is 0 Å². The van der Waals surface area contributed by atoms with Crippen LogP contribution >= 0.6 is 0 Å². The number of esters is 1. The van der Waals surface area contributed by atoms with Gasteiger partial charge in [-0.05, 0) is 62.4 Å². The van der Waals surface area contributed by atoms with Crippen molar-refractivity contribution in [3.05, 3.63) is 84.4 Å². The topological polar surface area (TPSA) is 78.9 Å². The SMILES string of the molecule is C=C(C)C(=O)Oc1cc(Oc2ccc(S(=O)(=O)c3ccc(C)cc3)cc2)ccc1OC. The first kappa shape index (κ1) is 22.1. The van der Waals surface area contributed by atoms with Gasteiger partial charge in [-0.15, -0.1) is 0 Å². The number of rotatable bonds is 7. The molecular formula is C24H22O6S. The Labute approximate surface area is 181 Å². The monoisotopic (exact) mass is 438 g/mol. The second-order valence-electron chi connectivity index (χ2n) is 6.87. The van der Waals surface area contributed by atoms with Gasteiger partial charge >= 0.3 is 5.97 Å². The van der Waals surface area contributed by atoms with Crippen LogP contribution in [-0.4, -0.2) is 21.5 Å². The van der Waals surface area contributed by atoms with E-state index in [1.165, 1.54) is 25.3 Å². The number of carbonyl (C=O) groups excluding carboxylic acids is 1. The van der Waals surface area contributed by atoms with Crippen LogP contribution in [0.2, 0.25) is 0 Å². The normalized spacial score (nSPS) is 10.9. The molecule has 0 N–H and O–H groups in total. The summed E-state index contributed by atoms with van der Waals surface area (Å²) in [5.74, 6) is 0.777. The molecule has 0 saturated carbocycles. The van der Waals surface area contributed by atoms with E-state index in [-0.39, 0.29) is 21.1 Å². The zero-order chi connectivity index (χ0) is 22.6. The van der Waals surface area contributed by atoms with E-state index in [0.29, 0.717) is 17.2 Å². The Hall–Kier alpha value is -3.58. The maximum absolute atomic E-state index is 12.8. The van der Waals surface area contributed by atoms with Gasteiger partial charge in [0, 0.05) is 11.6 Å². The van der Waals surface area contributed by atoms with Gasteiger partial charge in [-0.3, -0.25) is 0 Å². The van der Waals surface area contributed by atoms with Crippen molar-refractivity contribution in [1.29, 1.82) is 0 Å². The summed E-state index contributed by atoms with van der Waals surface area (Å²) in [5, 5.41) is 0. The number of benzene rings is 3. The van der Waals surface area contributed by atoms with Crippen LogP contribution in [0.25, 0.3) is 0 Å². The summed E-state index contributed by atoms with van der Waals surface area (Å²) in [5.41, 5.74) is 1.23. The Morgan fingerprint density at radius 3 is 1.94 bits per heavy atom. The predicted molar refractivity (Wildman–Crippen MR) is 117 cm³/mol. The fourth-order valence-electron chi connectivity index (χ4n) is 2.66. The van der Waals surface area contributed by atoms with Crippen LogP contribution in [0.1, 0.15) is 12.5 Å². The first-order valence-corrected chi connectivity index (χ1v) is 10.8. The van der Waals surface area contributed by atoms with E-state index in [9.17, 15) is 13.2 Å². The molecule has 0 spiro atoms. The average molecular weight is 439 g/mol. The Bertz CT molecular complexity index is 1210. The van der Waals surface area contributed by atoms with Gasteiger partial charge in [0.05, 0.1) is 16.9 Å². The van der Waals surface area contributed by atoms with Crippen LogP contribution in [0.4, 0.5) is 0 Å². The molecule has 0 aliphatic carbocycles. The lowest BCUT2D eigenvalue weighted by Gasteiger charge is -2.12. The molecule has 31 heavy (non-hydrogen) atoms. The lowest BCUT2D eigenvalue weighted by molar-refractivity contribution is -0.130. The van der Waals surface area contributed by atoms with Crippen LogP contribution in [0.15, 0.2) is 88.7 Å². The number of sulfone groups is 1. The molecule has 0 aliphatic heterocycles.